The summed E-state index contributed by atoms with van der Waals surface area (Å²) in [6.45, 7) is 4.64. The summed E-state index contributed by atoms with van der Waals surface area (Å²) in [5.74, 6) is 0.469. The molecule has 1 fully saturated rings. The number of nitrogens with one attached hydrogen (secondary N) is 1. The third kappa shape index (κ3) is 3.64. The largest absolute Gasteiger partial charge is 0.328 e. The first kappa shape index (κ1) is 11.5. The van der Waals surface area contributed by atoms with Crippen LogP contribution in [0.5, 0.6) is 0 Å². The summed E-state index contributed by atoms with van der Waals surface area (Å²) in [6.07, 6.45) is 2.62. The maximum absolute atomic E-state index is 11.5. The summed E-state index contributed by atoms with van der Waals surface area (Å²) in [6, 6.07) is 0.191. The molecule has 0 aromatic carbocycles. The molecule has 1 amide bonds. The van der Waals surface area contributed by atoms with Gasteiger partial charge in [-0.2, -0.15) is 0 Å². The number of carbonyl (C=O) groups excluding carboxylic acids is 1. The lowest BCUT2D eigenvalue weighted by Gasteiger charge is -2.11. The first-order valence-corrected chi connectivity index (χ1v) is 5.26. The number of rotatable bonds is 4. The Bertz CT molecular complexity index is 195. The minimum Gasteiger partial charge on any atom is -0.328 e. The minimum atomic E-state index is -0.0152. The molecule has 3 N–H and O–H groups in total. The second-order valence-corrected chi connectivity index (χ2v) is 4.44. The van der Waals surface area contributed by atoms with Crippen LogP contribution in [0.15, 0.2) is 0 Å². The van der Waals surface area contributed by atoms with Crippen molar-refractivity contribution in [3.8, 4) is 0 Å². The Kier molecular flexibility index (Phi) is 4.35. The number of hydrogen-bond donors (Lipinski definition) is 2. The van der Waals surface area contributed by atoms with Crippen molar-refractivity contribution in [2.45, 2.75) is 39.2 Å². The van der Waals surface area contributed by atoms with Crippen molar-refractivity contribution in [1.29, 1.82) is 0 Å². The zero-order chi connectivity index (χ0) is 10.6. The van der Waals surface area contributed by atoms with E-state index in [1.165, 1.54) is 0 Å². The fourth-order valence-electron chi connectivity index (χ4n) is 1.62. The molecule has 0 aromatic heterocycles. The first-order chi connectivity index (χ1) is 6.59. The molecule has 0 bridgehead atoms. The van der Waals surface area contributed by atoms with E-state index in [0.717, 1.165) is 19.3 Å². The molecule has 0 radical (unpaired) electrons. The summed E-state index contributed by atoms with van der Waals surface area (Å²) < 4.78 is 0. The molecule has 0 aliphatic heterocycles. The predicted octanol–water partition coefficient (Wildman–Crippen LogP) is 0.818. The number of hydroxylamine groups is 1. The van der Waals surface area contributed by atoms with Gasteiger partial charge in [-0.05, 0) is 25.2 Å². The Morgan fingerprint density at radius 3 is 2.79 bits per heavy atom. The van der Waals surface area contributed by atoms with E-state index in [1.54, 1.807) is 0 Å². The van der Waals surface area contributed by atoms with Gasteiger partial charge in [0.1, 0.15) is 0 Å². The number of amides is 1. The Balaban J connectivity index is 2.15. The highest BCUT2D eigenvalue weighted by Gasteiger charge is 2.27. The normalized spacial score (nSPS) is 26.9. The van der Waals surface area contributed by atoms with Gasteiger partial charge in [0.2, 0.25) is 5.91 Å². The van der Waals surface area contributed by atoms with E-state index in [-0.39, 0.29) is 17.9 Å². The van der Waals surface area contributed by atoms with Gasteiger partial charge < -0.3 is 5.73 Å². The standard InChI is InChI=1S/C10H20N2O2/c1-7(2)6-14-12-10(13)8-3-4-9(11)5-8/h7-9H,3-6,11H2,1-2H3,(H,12,13). The lowest BCUT2D eigenvalue weighted by molar-refractivity contribution is -0.138. The maximum atomic E-state index is 11.5. The molecule has 2 unspecified atom stereocenters. The van der Waals surface area contributed by atoms with Crippen molar-refractivity contribution in [2.24, 2.45) is 17.6 Å². The highest BCUT2D eigenvalue weighted by atomic mass is 16.6. The van der Waals surface area contributed by atoms with E-state index < -0.39 is 0 Å². The van der Waals surface area contributed by atoms with Gasteiger partial charge in [0, 0.05) is 12.0 Å². The lowest BCUT2D eigenvalue weighted by atomic mass is 10.1. The molecular weight excluding hydrogens is 180 g/mol. The molecule has 1 saturated carbocycles. The second kappa shape index (κ2) is 5.32. The third-order valence-corrected chi connectivity index (χ3v) is 2.43. The van der Waals surface area contributed by atoms with E-state index in [4.69, 9.17) is 10.6 Å². The van der Waals surface area contributed by atoms with Gasteiger partial charge in [-0.1, -0.05) is 13.8 Å². The highest BCUT2D eigenvalue weighted by Crippen LogP contribution is 2.23. The molecule has 4 heteroatoms. The molecule has 0 heterocycles. The molecule has 0 spiro atoms. The van der Waals surface area contributed by atoms with Crippen LogP contribution in [0.2, 0.25) is 0 Å². The Morgan fingerprint density at radius 1 is 1.57 bits per heavy atom. The van der Waals surface area contributed by atoms with Crippen LogP contribution in [0, 0.1) is 11.8 Å². The first-order valence-electron chi connectivity index (χ1n) is 5.26. The fourth-order valence-corrected chi connectivity index (χ4v) is 1.62. The van der Waals surface area contributed by atoms with Gasteiger partial charge in [0.25, 0.3) is 0 Å². The van der Waals surface area contributed by atoms with E-state index >= 15 is 0 Å². The number of nitrogens with two attached hydrogens (primary N) is 1. The summed E-state index contributed by atoms with van der Waals surface area (Å²) in [4.78, 5) is 16.5. The van der Waals surface area contributed by atoms with Crippen LogP contribution in [0.4, 0.5) is 0 Å². The smallest absolute Gasteiger partial charge is 0.246 e. The van der Waals surface area contributed by atoms with E-state index in [2.05, 4.69) is 5.48 Å². The summed E-state index contributed by atoms with van der Waals surface area (Å²) in [5.41, 5.74) is 8.20. The quantitative estimate of drug-likeness (QED) is 0.660. The molecule has 1 aliphatic rings. The molecule has 1 rings (SSSR count). The van der Waals surface area contributed by atoms with Crippen molar-refractivity contribution in [3.05, 3.63) is 0 Å². The van der Waals surface area contributed by atoms with Crippen molar-refractivity contribution < 1.29 is 9.63 Å². The van der Waals surface area contributed by atoms with Gasteiger partial charge >= 0.3 is 0 Å². The van der Waals surface area contributed by atoms with Crippen LogP contribution in [-0.4, -0.2) is 18.6 Å². The van der Waals surface area contributed by atoms with Crippen LogP contribution < -0.4 is 11.2 Å². The predicted molar refractivity (Wildman–Crippen MR) is 54.2 cm³/mol. The zero-order valence-corrected chi connectivity index (χ0v) is 8.95. The van der Waals surface area contributed by atoms with Crippen molar-refractivity contribution in [1.82, 2.24) is 5.48 Å². The average Bonchev–Trinajstić information content (AvgIpc) is 2.51. The Labute approximate surface area is 85.1 Å². The number of hydrogen-bond acceptors (Lipinski definition) is 3. The van der Waals surface area contributed by atoms with Crippen LogP contribution in [0.1, 0.15) is 33.1 Å². The van der Waals surface area contributed by atoms with E-state index in [9.17, 15) is 4.79 Å². The molecule has 0 aromatic rings. The molecule has 2 atom stereocenters. The SMILES string of the molecule is CC(C)CONC(=O)C1CCC(N)C1. The van der Waals surface area contributed by atoms with E-state index in [1.807, 2.05) is 13.8 Å². The van der Waals surface area contributed by atoms with Gasteiger partial charge in [0.05, 0.1) is 6.61 Å². The van der Waals surface area contributed by atoms with Gasteiger partial charge in [0.15, 0.2) is 0 Å². The van der Waals surface area contributed by atoms with Crippen molar-refractivity contribution in [2.75, 3.05) is 6.61 Å². The molecule has 82 valence electrons. The van der Waals surface area contributed by atoms with Crippen molar-refractivity contribution >= 4 is 5.91 Å². The van der Waals surface area contributed by atoms with Crippen LogP contribution in [0.3, 0.4) is 0 Å². The lowest BCUT2D eigenvalue weighted by Crippen LogP contribution is -2.31. The molecule has 1 aliphatic carbocycles. The zero-order valence-electron chi connectivity index (χ0n) is 8.95. The third-order valence-electron chi connectivity index (χ3n) is 2.43. The molecule has 4 nitrogen and oxygen atoms in total. The highest BCUT2D eigenvalue weighted by molar-refractivity contribution is 5.77. The number of carbonyl (C=O) groups is 1. The van der Waals surface area contributed by atoms with Gasteiger partial charge in [-0.15, -0.1) is 0 Å². The molecule has 14 heavy (non-hydrogen) atoms. The van der Waals surface area contributed by atoms with Crippen LogP contribution in [0.25, 0.3) is 0 Å². The van der Waals surface area contributed by atoms with Crippen LogP contribution >= 0.6 is 0 Å². The van der Waals surface area contributed by atoms with Gasteiger partial charge in [-0.3, -0.25) is 9.63 Å². The Morgan fingerprint density at radius 2 is 2.29 bits per heavy atom. The Hall–Kier alpha value is -0.610. The monoisotopic (exact) mass is 200 g/mol. The van der Waals surface area contributed by atoms with Gasteiger partial charge in [-0.25, -0.2) is 5.48 Å². The average molecular weight is 200 g/mol. The summed E-state index contributed by atoms with van der Waals surface area (Å²) in [7, 11) is 0. The summed E-state index contributed by atoms with van der Waals surface area (Å²) in [5, 5.41) is 0. The maximum Gasteiger partial charge on any atom is 0.246 e. The topological polar surface area (TPSA) is 64.3 Å². The second-order valence-electron chi connectivity index (χ2n) is 4.44. The van der Waals surface area contributed by atoms with Crippen LogP contribution in [-0.2, 0) is 9.63 Å². The molecular formula is C10H20N2O2. The minimum absolute atomic E-state index is 0.0152. The van der Waals surface area contributed by atoms with Crippen molar-refractivity contribution in [3.63, 3.8) is 0 Å². The van der Waals surface area contributed by atoms with E-state index in [0.29, 0.717) is 12.5 Å². The fraction of sp³-hybridized carbons (Fsp3) is 0.900. The molecule has 0 saturated heterocycles. The summed E-state index contributed by atoms with van der Waals surface area (Å²) >= 11 is 0.